The second-order valence-corrected chi connectivity index (χ2v) is 8.89. The lowest BCUT2D eigenvalue weighted by molar-refractivity contribution is -0.122. The van der Waals surface area contributed by atoms with Crippen LogP contribution >= 0.6 is 23.2 Å². The Morgan fingerprint density at radius 2 is 1.47 bits per heavy atom. The van der Waals surface area contributed by atoms with Gasteiger partial charge in [-0.25, -0.2) is 4.79 Å². The van der Waals surface area contributed by atoms with Gasteiger partial charge in [-0.1, -0.05) is 18.2 Å². The van der Waals surface area contributed by atoms with E-state index in [1.165, 1.54) is 24.3 Å². The average molecular weight is 475 g/mol. The fourth-order valence-corrected chi connectivity index (χ4v) is 4.62. The second-order valence-electron chi connectivity index (χ2n) is 7.77. The standard InChI is InChI=1S/C23H20Cl2N2O5/c24-18-10-16-17(11-19(18)25)22(30)27(21(16)29)15-8-6-13(7-9-15)23(31)32-12-20(28)26-14-4-2-1-3-5-14/h1-9,16-19H,10-12H2,(H,26,28)/t16-,17+,18+,19-. The first kappa shape index (κ1) is 22.3. The molecule has 0 bridgehead atoms. The Morgan fingerprint density at radius 3 is 2.03 bits per heavy atom. The minimum atomic E-state index is -0.692. The molecule has 2 aliphatic rings. The molecule has 166 valence electrons. The number of nitrogens with one attached hydrogen (secondary N) is 1. The number of alkyl halides is 2. The molecule has 1 aliphatic heterocycles. The van der Waals surface area contributed by atoms with Gasteiger partial charge in [-0.2, -0.15) is 0 Å². The molecule has 1 N–H and O–H groups in total. The van der Waals surface area contributed by atoms with Crippen molar-refractivity contribution in [3.8, 4) is 0 Å². The number of ether oxygens (including phenoxy) is 1. The molecule has 9 heteroatoms. The third-order valence-electron chi connectivity index (χ3n) is 5.66. The molecule has 7 nitrogen and oxygen atoms in total. The molecule has 4 rings (SSSR count). The molecule has 0 radical (unpaired) electrons. The molecule has 1 heterocycles. The van der Waals surface area contributed by atoms with Crippen molar-refractivity contribution in [1.82, 2.24) is 0 Å². The molecule has 3 amide bonds. The highest BCUT2D eigenvalue weighted by atomic mass is 35.5. The molecule has 0 unspecified atom stereocenters. The SMILES string of the molecule is O=C(COC(=O)c1ccc(N2C(=O)[C@H]3C[C@@H](Cl)[C@@H](Cl)C[C@H]3C2=O)cc1)Nc1ccccc1. The van der Waals surface area contributed by atoms with Crippen molar-refractivity contribution in [3.05, 3.63) is 60.2 Å². The van der Waals surface area contributed by atoms with Crippen molar-refractivity contribution in [2.45, 2.75) is 23.6 Å². The molecule has 32 heavy (non-hydrogen) atoms. The molecule has 1 aliphatic carbocycles. The summed E-state index contributed by atoms with van der Waals surface area (Å²) in [7, 11) is 0. The lowest BCUT2D eigenvalue weighted by atomic mass is 9.80. The van der Waals surface area contributed by atoms with Gasteiger partial charge < -0.3 is 10.1 Å². The van der Waals surface area contributed by atoms with Gasteiger partial charge in [-0.3, -0.25) is 19.3 Å². The number of hydrogen-bond acceptors (Lipinski definition) is 5. The normalized spacial score (nSPS) is 24.8. The Labute approximate surface area is 194 Å². The maximum absolute atomic E-state index is 12.8. The van der Waals surface area contributed by atoms with Gasteiger partial charge in [0.1, 0.15) is 0 Å². The highest BCUT2D eigenvalue weighted by Crippen LogP contribution is 2.43. The van der Waals surface area contributed by atoms with E-state index in [2.05, 4.69) is 5.32 Å². The van der Waals surface area contributed by atoms with Gasteiger partial charge in [0, 0.05) is 5.69 Å². The van der Waals surface area contributed by atoms with Crippen molar-refractivity contribution in [2.24, 2.45) is 11.8 Å². The Hall–Kier alpha value is -2.90. The number of amides is 3. The van der Waals surface area contributed by atoms with Crippen LogP contribution in [-0.2, 0) is 19.1 Å². The summed E-state index contributed by atoms with van der Waals surface area (Å²) >= 11 is 12.4. The topological polar surface area (TPSA) is 92.8 Å². The summed E-state index contributed by atoms with van der Waals surface area (Å²) in [5.41, 5.74) is 1.16. The number of rotatable bonds is 5. The fourth-order valence-electron chi connectivity index (χ4n) is 4.03. The first-order chi connectivity index (χ1) is 15.3. The average Bonchev–Trinajstić information content (AvgIpc) is 3.02. The van der Waals surface area contributed by atoms with E-state index < -0.39 is 30.3 Å². The zero-order valence-corrected chi connectivity index (χ0v) is 18.4. The monoisotopic (exact) mass is 474 g/mol. The van der Waals surface area contributed by atoms with Gasteiger partial charge >= 0.3 is 5.97 Å². The summed E-state index contributed by atoms with van der Waals surface area (Å²) in [6, 6.07) is 14.7. The number of carbonyl (C=O) groups is 4. The van der Waals surface area contributed by atoms with Crippen LogP contribution in [0.1, 0.15) is 23.2 Å². The van der Waals surface area contributed by atoms with Crippen LogP contribution in [0.3, 0.4) is 0 Å². The summed E-state index contributed by atoms with van der Waals surface area (Å²) in [4.78, 5) is 51.0. The van der Waals surface area contributed by atoms with Gasteiger partial charge in [-0.05, 0) is 49.2 Å². The largest absolute Gasteiger partial charge is 0.452 e. The third kappa shape index (κ3) is 4.49. The van der Waals surface area contributed by atoms with Crippen LogP contribution in [0.5, 0.6) is 0 Å². The Kier molecular flexibility index (Phi) is 6.48. The highest BCUT2D eigenvalue weighted by molar-refractivity contribution is 6.31. The minimum Gasteiger partial charge on any atom is -0.452 e. The number of esters is 1. The van der Waals surface area contributed by atoms with Gasteiger partial charge in [0.05, 0.1) is 33.8 Å². The smallest absolute Gasteiger partial charge is 0.338 e. The lowest BCUT2D eigenvalue weighted by Crippen LogP contribution is -2.34. The van der Waals surface area contributed by atoms with Crippen molar-refractivity contribution in [2.75, 3.05) is 16.8 Å². The van der Waals surface area contributed by atoms with E-state index in [1.807, 2.05) is 6.07 Å². The predicted octanol–water partition coefficient (Wildman–Crippen LogP) is 3.60. The quantitative estimate of drug-likeness (QED) is 0.406. The van der Waals surface area contributed by atoms with Crippen molar-refractivity contribution in [1.29, 1.82) is 0 Å². The Bertz CT molecular complexity index is 1020. The fraction of sp³-hybridized carbons (Fsp3) is 0.304. The number of imide groups is 1. The first-order valence-electron chi connectivity index (χ1n) is 10.1. The van der Waals surface area contributed by atoms with Crippen molar-refractivity contribution >= 4 is 58.3 Å². The third-order valence-corrected chi connectivity index (χ3v) is 6.76. The van der Waals surface area contributed by atoms with E-state index >= 15 is 0 Å². The van der Waals surface area contributed by atoms with Crippen LogP contribution < -0.4 is 10.2 Å². The van der Waals surface area contributed by atoms with Crippen LogP contribution in [0.25, 0.3) is 0 Å². The van der Waals surface area contributed by atoms with E-state index in [1.54, 1.807) is 24.3 Å². The number of para-hydroxylation sites is 1. The lowest BCUT2D eigenvalue weighted by Gasteiger charge is -2.28. The van der Waals surface area contributed by atoms with Crippen LogP contribution in [0.2, 0.25) is 0 Å². The number of anilines is 2. The molecule has 0 aromatic heterocycles. The predicted molar refractivity (Wildman–Crippen MR) is 120 cm³/mol. The van der Waals surface area contributed by atoms with Crippen LogP contribution in [0.15, 0.2) is 54.6 Å². The molecule has 2 fully saturated rings. The van der Waals surface area contributed by atoms with Gasteiger partial charge in [0.25, 0.3) is 5.91 Å². The number of carbonyl (C=O) groups excluding carboxylic acids is 4. The van der Waals surface area contributed by atoms with Crippen LogP contribution in [0, 0.1) is 11.8 Å². The van der Waals surface area contributed by atoms with E-state index in [0.717, 1.165) is 4.90 Å². The molecular formula is C23H20Cl2N2O5. The molecular weight excluding hydrogens is 455 g/mol. The number of hydrogen-bond donors (Lipinski definition) is 1. The zero-order valence-electron chi connectivity index (χ0n) is 16.9. The summed E-state index contributed by atoms with van der Waals surface area (Å²) in [5.74, 6) is -2.72. The Morgan fingerprint density at radius 1 is 0.906 bits per heavy atom. The first-order valence-corrected chi connectivity index (χ1v) is 11.0. The molecule has 0 spiro atoms. The van der Waals surface area contributed by atoms with Crippen LogP contribution in [0.4, 0.5) is 11.4 Å². The van der Waals surface area contributed by atoms with Gasteiger partial charge in [0.15, 0.2) is 6.61 Å². The second kappa shape index (κ2) is 9.30. The number of benzene rings is 2. The van der Waals surface area contributed by atoms with Gasteiger partial charge in [-0.15, -0.1) is 23.2 Å². The maximum atomic E-state index is 12.8. The zero-order chi connectivity index (χ0) is 22.8. The number of nitrogens with zero attached hydrogens (tertiary/aromatic N) is 1. The van der Waals surface area contributed by atoms with E-state index in [4.69, 9.17) is 27.9 Å². The van der Waals surface area contributed by atoms with Crippen LogP contribution in [-0.4, -0.2) is 41.1 Å². The van der Waals surface area contributed by atoms with E-state index in [9.17, 15) is 19.2 Å². The number of halogens is 2. The summed E-state index contributed by atoms with van der Waals surface area (Å²) in [6.07, 6.45) is 0.716. The van der Waals surface area contributed by atoms with E-state index in [-0.39, 0.29) is 28.1 Å². The molecule has 1 saturated carbocycles. The Balaban J connectivity index is 1.37. The molecule has 2 aromatic rings. The molecule has 4 atom stereocenters. The molecule has 2 aromatic carbocycles. The summed E-state index contributed by atoms with van der Waals surface area (Å²) < 4.78 is 5.04. The van der Waals surface area contributed by atoms with Crippen molar-refractivity contribution < 1.29 is 23.9 Å². The minimum absolute atomic E-state index is 0.194. The van der Waals surface area contributed by atoms with Crippen molar-refractivity contribution in [3.63, 3.8) is 0 Å². The summed E-state index contributed by atoms with van der Waals surface area (Å²) in [6.45, 7) is -0.443. The van der Waals surface area contributed by atoms with E-state index in [0.29, 0.717) is 24.2 Å². The highest BCUT2D eigenvalue weighted by Gasteiger charge is 2.52. The number of fused-ring (bicyclic) bond motifs is 1. The molecule has 1 saturated heterocycles. The van der Waals surface area contributed by atoms with Gasteiger partial charge in [0.2, 0.25) is 11.8 Å². The summed E-state index contributed by atoms with van der Waals surface area (Å²) in [5, 5.41) is 1.91. The maximum Gasteiger partial charge on any atom is 0.338 e.